The van der Waals surface area contributed by atoms with Crippen LogP contribution in [0.1, 0.15) is 65.4 Å². The monoisotopic (exact) mass is 387 g/mol. The molecule has 2 aromatic rings. The lowest BCUT2D eigenvalue weighted by atomic mass is 9.86. The Morgan fingerprint density at radius 3 is 2.48 bits per heavy atom. The molecule has 1 amide bonds. The van der Waals surface area contributed by atoms with Crippen molar-refractivity contribution in [3.05, 3.63) is 57.3 Å². The fourth-order valence-electron chi connectivity index (χ4n) is 3.12. The highest BCUT2D eigenvalue weighted by Crippen LogP contribution is 2.33. The van der Waals surface area contributed by atoms with E-state index in [0.29, 0.717) is 17.9 Å². The second-order valence-corrected chi connectivity index (χ2v) is 9.01. The Bertz CT molecular complexity index is 819. The zero-order chi connectivity index (χ0) is 19.6. The van der Waals surface area contributed by atoms with Gasteiger partial charge >= 0.3 is 5.97 Å². The Morgan fingerprint density at radius 1 is 1.26 bits per heavy atom. The van der Waals surface area contributed by atoms with Crippen molar-refractivity contribution in [2.24, 2.45) is 0 Å². The number of thiophene rings is 1. The van der Waals surface area contributed by atoms with E-state index in [0.717, 1.165) is 16.9 Å². The molecular weight excluding hydrogens is 362 g/mol. The smallest absolute Gasteiger partial charge is 0.345 e. The van der Waals surface area contributed by atoms with E-state index in [4.69, 9.17) is 4.74 Å². The Balaban J connectivity index is 1.84. The molecule has 0 bridgehead atoms. The lowest BCUT2D eigenvalue weighted by molar-refractivity contribution is -0.119. The molecule has 1 aliphatic rings. The quantitative estimate of drug-likeness (QED) is 0.781. The molecule has 2 N–H and O–H groups in total. The Labute approximate surface area is 163 Å². The zero-order valence-electron chi connectivity index (χ0n) is 15.8. The largest absolute Gasteiger partial charge is 0.477 e. The van der Waals surface area contributed by atoms with Gasteiger partial charge in [-0.15, -0.1) is 11.3 Å². The topological polar surface area (TPSA) is 75.6 Å². The van der Waals surface area contributed by atoms with Crippen LogP contribution in [-0.4, -0.2) is 29.6 Å². The molecule has 0 radical (unpaired) electrons. The van der Waals surface area contributed by atoms with Crippen LogP contribution in [0.2, 0.25) is 0 Å². The predicted octanol–water partition coefficient (Wildman–Crippen LogP) is 4.13. The fraction of sp³-hybridized carbons (Fsp3) is 0.429. The molecule has 2 heterocycles. The summed E-state index contributed by atoms with van der Waals surface area (Å²) in [7, 11) is 0. The number of carboxylic acid groups (broad SMARTS) is 1. The SMILES string of the molecule is CC(C)(C)c1ccc([C@H](OCC2CCC(=O)N2)c2ccc(C(=O)O)s2)cc1. The molecule has 144 valence electrons. The van der Waals surface area contributed by atoms with Crippen molar-refractivity contribution in [2.75, 3.05) is 6.61 Å². The number of amides is 1. The number of aromatic carboxylic acids is 1. The minimum absolute atomic E-state index is 0.00718. The fourth-order valence-corrected chi connectivity index (χ4v) is 4.05. The molecule has 1 saturated heterocycles. The maximum atomic E-state index is 11.4. The van der Waals surface area contributed by atoms with Gasteiger partial charge in [0.15, 0.2) is 0 Å². The number of hydrogen-bond acceptors (Lipinski definition) is 4. The highest BCUT2D eigenvalue weighted by atomic mass is 32.1. The molecule has 2 atom stereocenters. The second kappa shape index (κ2) is 7.82. The van der Waals surface area contributed by atoms with Gasteiger partial charge in [0.25, 0.3) is 0 Å². The van der Waals surface area contributed by atoms with Crippen LogP contribution < -0.4 is 5.32 Å². The lowest BCUT2D eigenvalue weighted by Gasteiger charge is -2.22. The predicted molar refractivity (Wildman–Crippen MR) is 105 cm³/mol. The van der Waals surface area contributed by atoms with Crippen molar-refractivity contribution < 1.29 is 19.4 Å². The maximum Gasteiger partial charge on any atom is 0.345 e. The van der Waals surface area contributed by atoms with Crippen LogP contribution in [0.3, 0.4) is 0 Å². The van der Waals surface area contributed by atoms with Gasteiger partial charge in [-0.3, -0.25) is 4.79 Å². The summed E-state index contributed by atoms with van der Waals surface area (Å²) in [5, 5.41) is 12.1. The van der Waals surface area contributed by atoms with Crippen LogP contribution in [0.25, 0.3) is 0 Å². The normalized spacial score (nSPS) is 18.3. The van der Waals surface area contributed by atoms with Gasteiger partial charge in [-0.05, 0) is 35.1 Å². The van der Waals surface area contributed by atoms with Gasteiger partial charge in [-0.1, -0.05) is 45.0 Å². The number of rotatable bonds is 6. The van der Waals surface area contributed by atoms with Crippen LogP contribution in [0, 0.1) is 0 Å². The third kappa shape index (κ3) is 4.76. The van der Waals surface area contributed by atoms with E-state index < -0.39 is 5.97 Å². The summed E-state index contributed by atoms with van der Waals surface area (Å²) in [5.74, 6) is -0.880. The minimum atomic E-state index is -0.934. The van der Waals surface area contributed by atoms with Gasteiger partial charge in [0.05, 0.1) is 12.6 Å². The molecule has 1 aromatic carbocycles. The van der Waals surface area contributed by atoms with E-state index in [2.05, 4.69) is 38.2 Å². The van der Waals surface area contributed by atoms with E-state index in [1.54, 1.807) is 6.07 Å². The van der Waals surface area contributed by atoms with E-state index in [1.807, 2.05) is 18.2 Å². The summed E-state index contributed by atoms with van der Waals surface area (Å²) < 4.78 is 6.17. The zero-order valence-corrected chi connectivity index (χ0v) is 16.6. The van der Waals surface area contributed by atoms with Crippen molar-refractivity contribution in [3.63, 3.8) is 0 Å². The highest BCUT2D eigenvalue weighted by molar-refractivity contribution is 7.14. The van der Waals surface area contributed by atoms with Crippen molar-refractivity contribution in [3.8, 4) is 0 Å². The first-order valence-electron chi connectivity index (χ1n) is 9.08. The Hall–Kier alpha value is -2.18. The van der Waals surface area contributed by atoms with Crippen molar-refractivity contribution in [1.29, 1.82) is 0 Å². The van der Waals surface area contributed by atoms with Crippen LogP contribution in [0.4, 0.5) is 0 Å². The van der Waals surface area contributed by atoms with Crippen LogP contribution in [0.15, 0.2) is 36.4 Å². The maximum absolute atomic E-state index is 11.4. The first-order valence-corrected chi connectivity index (χ1v) is 9.90. The molecule has 6 heteroatoms. The van der Waals surface area contributed by atoms with Gasteiger partial charge in [-0.2, -0.15) is 0 Å². The van der Waals surface area contributed by atoms with Gasteiger partial charge < -0.3 is 15.2 Å². The van der Waals surface area contributed by atoms with Gasteiger partial charge in [0, 0.05) is 11.3 Å². The second-order valence-electron chi connectivity index (χ2n) is 7.90. The Morgan fingerprint density at radius 2 is 1.96 bits per heavy atom. The molecule has 0 saturated carbocycles. The molecule has 0 aliphatic carbocycles. The molecule has 1 aromatic heterocycles. The molecule has 27 heavy (non-hydrogen) atoms. The standard InChI is InChI=1S/C21H25NO4S/c1-21(2,3)14-6-4-13(5-7-14)19(16-9-10-17(27-16)20(24)25)26-12-15-8-11-18(23)22-15/h4-7,9-10,15,19H,8,11-12H2,1-3H3,(H,22,23)(H,24,25)/t15?,19-/m0/s1. The summed E-state index contributed by atoms with van der Waals surface area (Å²) in [6, 6.07) is 11.7. The van der Waals surface area contributed by atoms with Crippen molar-refractivity contribution >= 4 is 23.2 Å². The van der Waals surface area contributed by atoms with Gasteiger partial charge in [0.2, 0.25) is 5.91 Å². The number of hydrogen-bond donors (Lipinski definition) is 2. The molecule has 1 unspecified atom stereocenters. The average Bonchev–Trinajstić information content (AvgIpc) is 3.24. The molecular formula is C21H25NO4S. The molecule has 5 nitrogen and oxygen atoms in total. The Kier molecular flexibility index (Phi) is 5.67. The lowest BCUT2D eigenvalue weighted by Crippen LogP contribution is -2.30. The number of carboxylic acids is 1. The first kappa shape index (κ1) is 19.6. The van der Waals surface area contributed by atoms with E-state index in [1.165, 1.54) is 16.9 Å². The molecule has 3 rings (SSSR count). The van der Waals surface area contributed by atoms with E-state index in [-0.39, 0.29) is 23.5 Å². The van der Waals surface area contributed by atoms with Gasteiger partial charge in [-0.25, -0.2) is 4.79 Å². The summed E-state index contributed by atoms with van der Waals surface area (Å²) >= 11 is 1.22. The average molecular weight is 388 g/mol. The van der Waals surface area contributed by atoms with Gasteiger partial charge in [0.1, 0.15) is 11.0 Å². The summed E-state index contributed by atoms with van der Waals surface area (Å²) in [5.41, 5.74) is 2.26. The van der Waals surface area contributed by atoms with Crippen LogP contribution in [0.5, 0.6) is 0 Å². The molecule has 0 spiro atoms. The van der Waals surface area contributed by atoms with Crippen LogP contribution in [-0.2, 0) is 14.9 Å². The summed E-state index contributed by atoms with van der Waals surface area (Å²) in [6.07, 6.45) is 0.940. The van der Waals surface area contributed by atoms with E-state index in [9.17, 15) is 14.7 Å². The third-order valence-corrected chi connectivity index (χ3v) is 5.84. The summed E-state index contributed by atoms with van der Waals surface area (Å²) in [4.78, 5) is 23.8. The first-order chi connectivity index (χ1) is 12.7. The van der Waals surface area contributed by atoms with E-state index >= 15 is 0 Å². The minimum Gasteiger partial charge on any atom is -0.477 e. The number of carbonyl (C=O) groups excluding carboxylic acids is 1. The number of ether oxygens (including phenoxy) is 1. The van der Waals surface area contributed by atoms with Crippen molar-refractivity contribution in [1.82, 2.24) is 5.32 Å². The number of nitrogens with one attached hydrogen (secondary N) is 1. The van der Waals surface area contributed by atoms with Crippen LogP contribution >= 0.6 is 11.3 Å². The number of carbonyl (C=O) groups is 2. The highest BCUT2D eigenvalue weighted by Gasteiger charge is 2.25. The number of benzene rings is 1. The molecule has 1 aliphatic heterocycles. The summed E-state index contributed by atoms with van der Waals surface area (Å²) in [6.45, 7) is 6.89. The third-order valence-electron chi connectivity index (χ3n) is 4.72. The van der Waals surface area contributed by atoms with Crippen molar-refractivity contribution in [2.45, 2.75) is 51.2 Å². The molecule has 1 fully saturated rings.